The SMILES string of the molecule is CC(C)(C)c1cc(SC#N)nn1C1CC2(COC2)C1. The van der Waals surface area contributed by atoms with Gasteiger partial charge in [0.25, 0.3) is 0 Å². The molecule has 19 heavy (non-hydrogen) atoms. The number of ether oxygens (including phenoxy) is 1. The molecule has 0 atom stereocenters. The number of nitriles is 1. The van der Waals surface area contributed by atoms with Crippen molar-refractivity contribution >= 4 is 11.8 Å². The van der Waals surface area contributed by atoms with Gasteiger partial charge in [-0.15, -0.1) is 0 Å². The Bertz CT molecular complexity index is 526. The lowest BCUT2D eigenvalue weighted by atomic mass is 9.64. The molecule has 0 aromatic carbocycles. The van der Waals surface area contributed by atoms with Crippen LogP contribution in [0.3, 0.4) is 0 Å². The molecule has 3 rings (SSSR count). The third-order valence-corrected chi connectivity index (χ3v) is 4.63. The zero-order valence-electron chi connectivity index (χ0n) is 11.6. The smallest absolute Gasteiger partial charge is 0.140 e. The fourth-order valence-electron chi connectivity index (χ4n) is 3.05. The molecule has 1 saturated carbocycles. The van der Waals surface area contributed by atoms with Crippen molar-refractivity contribution in [1.29, 1.82) is 5.26 Å². The zero-order chi connectivity index (χ0) is 13.7. The van der Waals surface area contributed by atoms with E-state index in [2.05, 4.69) is 42.0 Å². The van der Waals surface area contributed by atoms with Gasteiger partial charge in [0.1, 0.15) is 10.4 Å². The number of thiocyanates is 1. The Morgan fingerprint density at radius 1 is 1.47 bits per heavy atom. The van der Waals surface area contributed by atoms with Gasteiger partial charge in [0.05, 0.1) is 19.3 Å². The Morgan fingerprint density at radius 3 is 2.63 bits per heavy atom. The minimum Gasteiger partial charge on any atom is -0.380 e. The molecular formula is C14H19N3OS. The van der Waals surface area contributed by atoms with E-state index in [0.29, 0.717) is 11.5 Å². The summed E-state index contributed by atoms with van der Waals surface area (Å²) in [5.74, 6) is 0. The predicted molar refractivity (Wildman–Crippen MR) is 73.9 cm³/mol. The predicted octanol–water partition coefficient (Wildman–Crippen LogP) is 3.11. The number of nitrogens with zero attached hydrogens (tertiary/aromatic N) is 3. The van der Waals surface area contributed by atoms with E-state index >= 15 is 0 Å². The van der Waals surface area contributed by atoms with E-state index in [9.17, 15) is 0 Å². The second-order valence-corrected chi connectivity index (χ2v) is 7.62. The third-order valence-electron chi connectivity index (χ3n) is 4.13. The lowest BCUT2D eigenvalue weighted by Gasteiger charge is -2.53. The van der Waals surface area contributed by atoms with Crippen LogP contribution in [-0.4, -0.2) is 23.0 Å². The first kappa shape index (κ1) is 13.0. The Balaban J connectivity index is 1.85. The lowest BCUT2D eigenvalue weighted by Crippen LogP contribution is -2.53. The van der Waals surface area contributed by atoms with E-state index < -0.39 is 0 Å². The summed E-state index contributed by atoms with van der Waals surface area (Å²) in [7, 11) is 0. The molecule has 2 fully saturated rings. The Kier molecular flexibility index (Phi) is 2.91. The molecular weight excluding hydrogens is 258 g/mol. The molecule has 1 spiro atoms. The number of thioether (sulfide) groups is 1. The molecule has 0 unspecified atom stereocenters. The summed E-state index contributed by atoms with van der Waals surface area (Å²) in [6.45, 7) is 8.41. The summed E-state index contributed by atoms with van der Waals surface area (Å²) < 4.78 is 7.48. The summed E-state index contributed by atoms with van der Waals surface area (Å²) in [6, 6.07) is 2.54. The molecule has 1 saturated heterocycles. The summed E-state index contributed by atoms with van der Waals surface area (Å²) in [5, 5.41) is 16.4. The summed E-state index contributed by atoms with van der Waals surface area (Å²) >= 11 is 1.15. The van der Waals surface area contributed by atoms with Crippen LogP contribution in [0.15, 0.2) is 11.1 Å². The highest BCUT2D eigenvalue weighted by atomic mass is 32.2. The van der Waals surface area contributed by atoms with E-state index in [0.717, 1.165) is 42.8 Å². The standard InChI is InChI=1S/C14H19N3OS/c1-13(2,3)11-4-12(19-9-15)16-17(11)10-5-14(6-10)7-18-8-14/h4,10H,5-8H2,1-3H3. The van der Waals surface area contributed by atoms with Crippen LogP contribution in [-0.2, 0) is 10.2 Å². The highest BCUT2D eigenvalue weighted by Crippen LogP contribution is 2.53. The topological polar surface area (TPSA) is 50.8 Å². The van der Waals surface area contributed by atoms with Crippen LogP contribution in [0.25, 0.3) is 0 Å². The van der Waals surface area contributed by atoms with Crippen molar-refractivity contribution in [3.63, 3.8) is 0 Å². The Hall–Kier alpha value is -0.990. The molecule has 1 aliphatic carbocycles. The van der Waals surface area contributed by atoms with Gasteiger partial charge >= 0.3 is 0 Å². The summed E-state index contributed by atoms with van der Waals surface area (Å²) in [4.78, 5) is 0. The van der Waals surface area contributed by atoms with Crippen molar-refractivity contribution in [3.05, 3.63) is 11.8 Å². The normalized spacial score (nSPS) is 21.8. The molecule has 2 heterocycles. The van der Waals surface area contributed by atoms with Crippen molar-refractivity contribution < 1.29 is 4.74 Å². The fourth-order valence-corrected chi connectivity index (χ4v) is 3.44. The summed E-state index contributed by atoms with van der Waals surface area (Å²) in [5.41, 5.74) is 1.72. The van der Waals surface area contributed by atoms with Gasteiger partial charge in [-0.3, -0.25) is 4.68 Å². The quantitative estimate of drug-likeness (QED) is 0.615. The number of aromatic nitrogens is 2. The van der Waals surface area contributed by atoms with Gasteiger partial charge in [0.15, 0.2) is 0 Å². The Morgan fingerprint density at radius 2 is 2.16 bits per heavy atom. The average molecular weight is 277 g/mol. The first-order valence-electron chi connectivity index (χ1n) is 6.67. The van der Waals surface area contributed by atoms with Gasteiger partial charge in [0.2, 0.25) is 0 Å². The van der Waals surface area contributed by atoms with Crippen molar-refractivity contribution in [3.8, 4) is 5.40 Å². The molecule has 0 bridgehead atoms. The van der Waals surface area contributed by atoms with Crippen LogP contribution in [0.4, 0.5) is 0 Å². The minimum absolute atomic E-state index is 0.0557. The third kappa shape index (κ3) is 2.17. The molecule has 4 nitrogen and oxygen atoms in total. The fraction of sp³-hybridized carbons (Fsp3) is 0.714. The number of rotatable bonds is 2. The van der Waals surface area contributed by atoms with Crippen LogP contribution in [0.2, 0.25) is 0 Å². The molecule has 1 aromatic heterocycles. The van der Waals surface area contributed by atoms with Crippen LogP contribution < -0.4 is 0 Å². The highest BCUT2D eigenvalue weighted by Gasteiger charge is 2.51. The first-order valence-corrected chi connectivity index (χ1v) is 7.49. The molecule has 0 N–H and O–H groups in total. The molecule has 1 aromatic rings. The number of hydrogen-bond acceptors (Lipinski definition) is 4. The number of hydrogen-bond donors (Lipinski definition) is 0. The van der Waals surface area contributed by atoms with Crippen LogP contribution in [0.1, 0.15) is 45.3 Å². The molecule has 102 valence electrons. The first-order chi connectivity index (χ1) is 8.93. The monoisotopic (exact) mass is 277 g/mol. The van der Waals surface area contributed by atoms with Crippen LogP contribution in [0.5, 0.6) is 0 Å². The molecule has 5 heteroatoms. The van der Waals surface area contributed by atoms with E-state index in [1.54, 1.807) is 0 Å². The van der Waals surface area contributed by atoms with Gasteiger partial charge in [-0.05, 0) is 18.9 Å². The Labute approximate surface area is 118 Å². The lowest BCUT2D eigenvalue weighted by molar-refractivity contribution is -0.176. The van der Waals surface area contributed by atoms with E-state index in [1.807, 2.05) is 0 Å². The van der Waals surface area contributed by atoms with Crippen molar-refractivity contribution in [2.75, 3.05) is 13.2 Å². The van der Waals surface area contributed by atoms with E-state index in [4.69, 9.17) is 10.00 Å². The van der Waals surface area contributed by atoms with Crippen molar-refractivity contribution in [2.45, 2.75) is 50.1 Å². The van der Waals surface area contributed by atoms with E-state index in [1.165, 1.54) is 5.69 Å². The highest BCUT2D eigenvalue weighted by molar-refractivity contribution is 8.03. The molecule has 0 radical (unpaired) electrons. The maximum Gasteiger partial charge on any atom is 0.140 e. The summed E-state index contributed by atoms with van der Waals surface area (Å²) in [6.07, 6.45) is 2.32. The van der Waals surface area contributed by atoms with Crippen molar-refractivity contribution in [1.82, 2.24) is 9.78 Å². The second-order valence-electron chi connectivity index (χ2n) is 6.81. The molecule has 1 aliphatic heterocycles. The van der Waals surface area contributed by atoms with E-state index in [-0.39, 0.29) is 5.41 Å². The van der Waals surface area contributed by atoms with Crippen LogP contribution >= 0.6 is 11.8 Å². The van der Waals surface area contributed by atoms with Gasteiger partial charge in [-0.25, -0.2) is 0 Å². The second kappa shape index (κ2) is 4.26. The maximum atomic E-state index is 8.81. The van der Waals surface area contributed by atoms with Gasteiger partial charge in [0, 0.05) is 28.3 Å². The molecule has 0 amide bonds. The molecule has 2 aliphatic rings. The minimum atomic E-state index is 0.0557. The average Bonchev–Trinajstić information content (AvgIpc) is 2.57. The largest absolute Gasteiger partial charge is 0.380 e. The van der Waals surface area contributed by atoms with Crippen LogP contribution in [0, 0.1) is 16.1 Å². The van der Waals surface area contributed by atoms with Gasteiger partial charge in [-0.2, -0.15) is 10.4 Å². The van der Waals surface area contributed by atoms with Gasteiger partial charge < -0.3 is 4.74 Å². The van der Waals surface area contributed by atoms with Gasteiger partial charge in [-0.1, -0.05) is 20.8 Å². The van der Waals surface area contributed by atoms with Crippen molar-refractivity contribution in [2.24, 2.45) is 5.41 Å². The zero-order valence-corrected chi connectivity index (χ0v) is 12.5. The maximum absolute atomic E-state index is 8.81.